The number of halogens is 2. The molecule has 0 aliphatic carbocycles. The van der Waals surface area contributed by atoms with Crippen LogP contribution < -0.4 is 9.62 Å². The maximum Gasteiger partial charge on any atom is 0.264 e. The first-order valence-electron chi connectivity index (χ1n) is 11.5. The molecule has 0 saturated carbocycles. The van der Waals surface area contributed by atoms with Crippen LogP contribution in [0.1, 0.15) is 12.5 Å². The van der Waals surface area contributed by atoms with Crippen LogP contribution in [-0.2, 0) is 21.2 Å². The smallest absolute Gasteiger partial charge is 0.264 e. The third-order valence-corrected chi connectivity index (χ3v) is 8.07. The minimum absolute atomic E-state index is 0.0678. The maximum atomic E-state index is 13.5. The van der Waals surface area contributed by atoms with Crippen LogP contribution in [0.2, 0.25) is 10.0 Å². The average molecular weight is 542 g/mol. The summed E-state index contributed by atoms with van der Waals surface area (Å²) in [5.74, 6) is -0.282. The minimum Gasteiger partial charge on any atom is -0.354 e. The molecular formula is C28H26Cl2N2O3S. The zero-order valence-corrected chi connectivity index (χ0v) is 22.0. The summed E-state index contributed by atoms with van der Waals surface area (Å²) >= 11 is 12.3. The van der Waals surface area contributed by atoms with Crippen molar-refractivity contribution in [3.63, 3.8) is 0 Å². The van der Waals surface area contributed by atoms with Gasteiger partial charge in [-0.15, -0.1) is 0 Å². The topological polar surface area (TPSA) is 66.5 Å². The number of benzene rings is 4. The van der Waals surface area contributed by atoms with Crippen LogP contribution in [0.4, 0.5) is 5.69 Å². The van der Waals surface area contributed by atoms with E-state index in [0.717, 1.165) is 10.7 Å². The van der Waals surface area contributed by atoms with E-state index in [1.807, 2.05) is 18.2 Å². The van der Waals surface area contributed by atoms with Crippen LogP contribution in [-0.4, -0.2) is 27.4 Å². The van der Waals surface area contributed by atoms with Crippen LogP contribution in [0, 0.1) is 5.92 Å². The van der Waals surface area contributed by atoms with E-state index in [1.54, 1.807) is 18.2 Å². The fourth-order valence-electron chi connectivity index (χ4n) is 4.11. The number of nitrogens with one attached hydrogen (secondary N) is 1. The molecule has 0 heterocycles. The number of carbonyl (C=O) groups excluding carboxylic acids is 1. The third kappa shape index (κ3) is 6.19. The first-order chi connectivity index (χ1) is 17.2. The first kappa shape index (κ1) is 26.0. The number of amides is 1. The van der Waals surface area contributed by atoms with Gasteiger partial charge < -0.3 is 5.32 Å². The van der Waals surface area contributed by atoms with E-state index in [-0.39, 0.29) is 26.5 Å². The van der Waals surface area contributed by atoms with Crippen molar-refractivity contribution in [2.75, 3.05) is 17.4 Å². The van der Waals surface area contributed by atoms with E-state index >= 15 is 0 Å². The Morgan fingerprint density at radius 1 is 0.889 bits per heavy atom. The summed E-state index contributed by atoms with van der Waals surface area (Å²) in [5.41, 5.74) is 1.42. The number of sulfonamides is 1. The molecule has 1 amide bonds. The summed E-state index contributed by atoms with van der Waals surface area (Å²) in [5, 5.41) is 5.80. The van der Waals surface area contributed by atoms with Crippen LogP contribution >= 0.6 is 23.2 Å². The number of rotatable bonds is 9. The van der Waals surface area contributed by atoms with Crippen LogP contribution in [0.15, 0.2) is 95.9 Å². The van der Waals surface area contributed by atoms with E-state index in [1.165, 1.54) is 46.7 Å². The van der Waals surface area contributed by atoms with Crippen molar-refractivity contribution in [3.8, 4) is 0 Å². The summed E-state index contributed by atoms with van der Waals surface area (Å²) < 4.78 is 27.9. The molecule has 4 aromatic rings. The lowest BCUT2D eigenvalue weighted by molar-refractivity contribution is -0.119. The number of hydrogen-bond donors (Lipinski definition) is 1. The third-order valence-electron chi connectivity index (χ3n) is 5.85. The Bertz CT molecular complexity index is 1450. The zero-order chi connectivity index (χ0) is 25.7. The summed E-state index contributed by atoms with van der Waals surface area (Å²) in [4.78, 5) is 13.0. The summed E-state index contributed by atoms with van der Waals surface area (Å²) in [6, 6.07) is 26.8. The van der Waals surface area contributed by atoms with Gasteiger partial charge in [0.2, 0.25) is 5.91 Å². The van der Waals surface area contributed by atoms with Crippen molar-refractivity contribution < 1.29 is 13.2 Å². The Labute approximate surface area is 221 Å². The van der Waals surface area contributed by atoms with Gasteiger partial charge in [-0.05, 0) is 59.0 Å². The van der Waals surface area contributed by atoms with Gasteiger partial charge in [0.05, 0.1) is 10.6 Å². The quantitative estimate of drug-likeness (QED) is 0.269. The largest absolute Gasteiger partial charge is 0.354 e. The van der Waals surface area contributed by atoms with Crippen molar-refractivity contribution >= 4 is 55.6 Å². The molecule has 1 N–H and O–H groups in total. The molecular weight excluding hydrogens is 515 g/mol. The molecule has 0 fully saturated rings. The molecule has 0 aliphatic rings. The minimum atomic E-state index is -4.04. The number of fused-ring (bicyclic) bond motifs is 1. The Balaban J connectivity index is 1.50. The fraction of sp³-hybridized carbons (Fsp3) is 0.179. The SMILES string of the molecule is CC(CNC(=O)CN(c1cc(Cl)cc(Cl)c1)S(=O)(=O)c1ccccc1)Cc1cccc2ccccc12. The predicted molar refractivity (Wildman–Crippen MR) is 147 cm³/mol. The Hall–Kier alpha value is -3.06. The van der Waals surface area contributed by atoms with Gasteiger partial charge in [0, 0.05) is 16.6 Å². The molecule has 186 valence electrons. The summed E-state index contributed by atoms with van der Waals surface area (Å²) in [6.07, 6.45) is 0.775. The number of nitrogens with zero attached hydrogens (tertiary/aromatic N) is 1. The van der Waals surface area contributed by atoms with Gasteiger partial charge in [-0.2, -0.15) is 0 Å². The second-order valence-electron chi connectivity index (χ2n) is 8.70. The molecule has 0 bridgehead atoms. The lowest BCUT2D eigenvalue weighted by atomic mass is 9.96. The van der Waals surface area contributed by atoms with Crippen molar-refractivity contribution in [3.05, 3.63) is 107 Å². The highest BCUT2D eigenvalue weighted by atomic mass is 35.5. The molecule has 0 saturated heterocycles. The molecule has 36 heavy (non-hydrogen) atoms. The highest BCUT2D eigenvalue weighted by Gasteiger charge is 2.27. The van der Waals surface area contributed by atoms with E-state index in [2.05, 4.69) is 36.5 Å². The van der Waals surface area contributed by atoms with E-state index < -0.39 is 22.5 Å². The Kier molecular flexibility index (Phi) is 8.19. The molecule has 0 spiro atoms. The molecule has 1 atom stereocenters. The summed E-state index contributed by atoms with van der Waals surface area (Å²) in [6.45, 7) is 2.05. The lowest BCUT2D eigenvalue weighted by Crippen LogP contribution is -2.42. The highest BCUT2D eigenvalue weighted by Crippen LogP contribution is 2.29. The Morgan fingerprint density at radius 3 is 2.25 bits per heavy atom. The van der Waals surface area contributed by atoms with Crippen LogP contribution in [0.25, 0.3) is 10.8 Å². The van der Waals surface area contributed by atoms with Gasteiger partial charge in [-0.3, -0.25) is 9.10 Å². The fourth-order valence-corrected chi connectivity index (χ4v) is 6.05. The van der Waals surface area contributed by atoms with E-state index in [4.69, 9.17) is 23.2 Å². The maximum absolute atomic E-state index is 13.5. The lowest BCUT2D eigenvalue weighted by Gasteiger charge is -2.25. The molecule has 0 aromatic heterocycles. The van der Waals surface area contributed by atoms with Crippen LogP contribution in [0.3, 0.4) is 0 Å². The van der Waals surface area contributed by atoms with Crippen LogP contribution in [0.5, 0.6) is 0 Å². The summed E-state index contributed by atoms with van der Waals surface area (Å²) in [7, 11) is -4.04. The second-order valence-corrected chi connectivity index (χ2v) is 11.4. The normalized spacial score (nSPS) is 12.3. The van der Waals surface area contributed by atoms with Gasteiger partial charge in [0.1, 0.15) is 6.54 Å². The molecule has 4 rings (SSSR count). The number of carbonyl (C=O) groups is 1. The second kappa shape index (κ2) is 11.3. The first-order valence-corrected chi connectivity index (χ1v) is 13.7. The van der Waals surface area contributed by atoms with Gasteiger partial charge in [0.15, 0.2) is 0 Å². The van der Waals surface area contributed by atoms with Crippen molar-refractivity contribution in [2.45, 2.75) is 18.2 Å². The van der Waals surface area contributed by atoms with Gasteiger partial charge >= 0.3 is 0 Å². The highest BCUT2D eigenvalue weighted by molar-refractivity contribution is 7.92. The number of anilines is 1. The predicted octanol–water partition coefficient (Wildman–Crippen LogP) is 6.34. The van der Waals surface area contributed by atoms with Crippen molar-refractivity contribution in [2.24, 2.45) is 5.92 Å². The molecule has 1 unspecified atom stereocenters. The molecule has 0 aliphatic heterocycles. The number of hydrogen-bond acceptors (Lipinski definition) is 3. The van der Waals surface area contributed by atoms with Gasteiger partial charge in [0.25, 0.3) is 10.0 Å². The van der Waals surface area contributed by atoms with Gasteiger partial charge in [-0.25, -0.2) is 8.42 Å². The molecule has 5 nitrogen and oxygen atoms in total. The van der Waals surface area contributed by atoms with Gasteiger partial charge in [-0.1, -0.05) is 90.8 Å². The molecule has 0 radical (unpaired) electrons. The van der Waals surface area contributed by atoms with Crippen molar-refractivity contribution in [1.82, 2.24) is 5.32 Å². The monoisotopic (exact) mass is 540 g/mol. The van der Waals surface area contributed by atoms with Crippen molar-refractivity contribution in [1.29, 1.82) is 0 Å². The van der Waals surface area contributed by atoms with E-state index in [0.29, 0.717) is 6.54 Å². The average Bonchev–Trinajstić information content (AvgIpc) is 2.86. The zero-order valence-electron chi connectivity index (χ0n) is 19.7. The Morgan fingerprint density at radius 2 is 1.53 bits per heavy atom. The molecule has 4 aromatic carbocycles. The standard InChI is InChI=1S/C28H26Cl2N2O3S/c1-20(14-22-10-7-9-21-8-5-6-13-27(21)22)18-31-28(33)19-32(25-16-23(29)15-24(30)17-25)36(34,35)26-11-3-2-4-12-26/h2-13,15-17,20H,14,18-19H2,1H3,(H,31,33). The molecule has 8 heteroatoms. The van der Waals surface area contributed by atoms with E-state index in [9.17, 15) is 13.2 Å².